The number of hydrogen-bond acceptors (Lipinski definition) is 5. The van der Waals surface area contributed by atoms with Crippen LogP contribution in [0.15, 0.2) is 30.7 Å². The highest BCUT2D eigenvalue weighted by Crippen LogP contribution is 2.14. The first-order valence-corrected chi connectivity index (χ1v) is 6.54. The number of carbonyl (C=O) groups is 1. The van der Waals surface area contributed by atoms with E-state index in [1.807, 2.05) is 13.1 Å². The van der Waals surface area contributed by atoms with Crippen LogP contribution in [0.5, 0.6) is 0 Å². The minimum Gasteiger partial charge on any atom is -0.345 e. The van der Waals surface area contributed by atoms with Gasteiger partial charge in [0, 0.05) is 18.0 Å². The summed E-state index contributed by atoms with van der Waals surface area (Å²) in [5.41, 5.74) is 1.53. The molecule has 0 aliphatic carbocycles. The van der Waals surface area contributed by atoms with Gasteiger partial charge in [0.2, 0.25) is 4.96 Å². The first-order valence-electron chi connectivity index (χ1n) is 5.72. The topological polar surface area (TPSA) is 72.2 Å². The molecule has 3 heterocycles. The van der Waals surface area contributed by atoms with Gasteiger partial charge in [0.25, 0.3) is 5.91 Å². The van der Waals surface area contributed by atoms with E-state index in [-0.39, 0.29) is 5.91 Å². The molecule has 0 aromatic carbocycles. The first-order chi connectivity index (χ1) is 9.22. The number of imidazole rings is 1. The predicted molar refractivity (Wildman–Crippen MR) is 71.0 cm³/mol. The van der Waals surface area contributed by atoms with Crippen molar-refractivity contribution >= 4 is 22.2 Å². The number of fused-ring (bicyclic) bond motifs is 1. The van der Waals surface area contributed by atoms with E-state index in [9.17, 15) is 4.79 Å². The zero-order valence-corrected chi connectivity index (χ0v) is 11.0. The van der Waals surface area contributed by atoms with Crippen molar-refractivity contribution in [2.45, 2.75) is 13.5 Å². The smallest absolute Gasteiger partial charge is 0.251 e. The second-order valence-electron chi connectivity index (χ2n) is 4.02. The Morgan fingerprint density at radius 2 is 2.21 bits per heavy atom. The molecule has 7 heteroatoms. The van der Waals surface area contributed by atoms with Crippen LogP contribution in [0.2, 0.25) is 0 Å². The van der Waals surface area contributed by atoms with Crippen LogP contribution >= 0.6 is 11.3 Å². The third-order valence-electron chi connectivity index (χ3n) is 2.55. The van der Waals surface area contributed by atoms with Gasteiger partial charge in [-0.15, -0.1) is 0 Å². The van der Waals surface area contributed by atoms with Crippen molar-refractivity contribution in [1.82, 2.24) is 24.9 Å². The molecule has 3 rings (SSSR count). The fourth-order valence-corrected chi connectivity index (χ4v) is 2.54. The van der Waals surface area contributed by atoms with Crippen molar-refractivity contribution < 1.29 is 4.79 Å². The molecule has 96 valence electrons. The Hall–Kier alpha value is -2.28. The Kier molecular flexibility index (Phi) is 2.96. The summed E-state index contributed by atoms with van der Waals surface area (Å²) >= 11 is 1.47. The Bertz CT molecular complexity index is 687. The maximum atomic E-state index is 11.8. The third-order valence-corrected chi connectivity index (χ3v) is 3.47. The molecule has 0 aliphatic rings. The standard InChI is InChI=1S/C12H11N5OS/c1-8-7-17-12(15-8)19-10(16-17)6-14-11(18)9-2-4-13-5-3-9/h2-5,7H,6H2,1H3,(H,14,18). The quantitative estimate of drug-likeness (QED) is 0.783. The van der Waals surface area contributed by atoms with Crippen LogP contribution in [0.3, 0.4) is 0 Å². The molecule has 0 spiro atoms. The van der Waals surface area contributed by atoms with Crippen LogP contribution in [-0.4, -0.2) is 25.5 Å². The minimum atomic E-state index is -0.133. The number of aryl methyl sites for hydroxylation is 1. The monoisotopic (exact) mass is 273 g/mol. The molecule has 3 aromatic rings. The number of pyridine rings is 1. The lowest BCUT2D eigenvalue weighted by atomic mass is 10.2. The lowest BCUT2D eigenvalue weighted by Crippen LogP contribution is -2.22. The summed E-state index contributed by atoms with van der Waals surface area (Å²) in [5, 5.41) is 7.99. The van der Waals surface area contributed by atoms with Gasteiger partial charge in [0.1, 0.15) is 5.01 Å². The molecule has 3 aromatic heterocycles. The fourth-order valence-electron chi connectivity index (χ4n) is 1.68. The number of amides is 1. The Morgan fingerprint density at radius 1 is 1.42 bits per heavy atom. The first kappa shape index (κ1) is 11.8. The van der Waals surface area contributed by atoms with E-state index in [0.717, 1.165) is 15.7 Å². The predicted octanol–water partition coefficient (Wildman–Crippen LogP) is 1.42. The average Bonchev–Trinajstić information content (AvgIpc) is 2.93. The summed E-state index contributed by atoms with van der Waals surface area (Å²) < 4.78 is 1.73. The van der Waals surface area contributed by atoms with E-state index in [4.69, 9.17) is 0 Å². The van der Waals surface area contributed by atoms with Gasteiger partial charge in [-0.3, -0.25) is 9.78 Å². The number of carbonyl (C=O) groups excluding carboxylic acids is 1. The van der Waals surface area contributed by atoms with Crippen molar-refractivity contribution in [3.63, 3.8) is 0 Å². The van der Waals surface area contributed by atoms with Crippen LogP contribution in [0.4, 0.5) is 0 Å². The summed E-state index contributed by atoms with van der Waals surface area (Å²) in [5.74, 6) is -0.133. The Balaban J connectivity index is 1.69. The number of aromatic nitrogens is 4. The minimum absolute atomic E-state index is 0.133. The van der Waals surface area contributed by atoms with Crippen molar-refractivity contribution in [2.75, 3.05) is 0 Å². The normalized spacial score (nSPS) is 10.8. The van der Waals surface area contributed by atoms with Crippen LogP contribution in [0, 0.1) is 6.92 Å². The van der Waals surface area contributed by atoms with E-state index < -0.39 is 0 Å². The Morgan fingerprint density at radius 3 is 2.95 bits per heavy atom. The molecule has 19 heavy (non-hydrogen) atoms. The van der Waals surface area contributed by atoms with Gasteiger partial charge in [-0.25, -0.2) is 9.50 Å². The molecule has 0 atom stereocenters. The van der Waals surface area contributed by atoms with Gasteiger partial charge in [-0.1, -0.05) is 11.3 Å². The zero-order chi connectivity index (χ0) is 13.2. The summed E-state index contributed by atoms with van der Waals surface area (Å²) in [4.78, 5) is 20.9. The summed E-state index contributed by atoms with van der Waals surface area (Å²) in [6.45, 7) is 2.32. The summed E-state index contributed by atoms with van der Waals surface area (Å²) in [6, 6.07) is 3.35. The van der Waals surface area contributed by atoms with E-state index in [1.165, 1.54) is 11.3 Å². The molecule has 0 saturated carbocycles. The van der Waals surface area contributed by atoms with Crippen molar-refractivity contribution in [3.05, 3.63) is 47.0 Å². The molecule has 0 bridgehead atoms. The molecule has 6 nitrogen and oxygen atoms in total. The Labute approximate surface area is 113 Å². The van der Waals surface area contributed by atoms with Crippen LogP contribution < -0.4 is 5.32 Å². The fraction of sp³-hybridized carbons (Fsp3) is 0.167. The van der Waals surface area contributed by atoms with Crippen LogP contribution in [-0.2, 0) is 6.54 Å². The lowest BCUT2D eigenvalue weighted by Gasteiger charge is -2.01. The highest BCUT2D eigenvalue weighted by atomic mass is 32.1. The van der Waals surface area contributed by atoms with E-state index >= 15 is 0 Å². The molecular weight excluding hydrogens is 262 g/mol. The summed E-state index contributed by atoms with van der Waals surface area (Å²) in [6.07, 6.45) is 5.05. The summed E-state index contributed by atoms with van der Waals surface area (Å²) in [7, 11) is 0. The van der Waals surface area contributed by atoms with Gasteiger partial charge >= 0.3 is 0 Å². The second-order valence-corrected chi connectivity index (χ2v) is 5.06. The van der Waals surface area contributed by atoms with Crippen molar-refractivity contribution in [1.29, 1.82) is 0 Å². The molecule has 0 radical (unpaired) electrons. The second kappa shape index (κ2) is 4.77. The van der Waals surface area contributed by atoms with Gasteiger partial charge in [0.15, 0.2) is 0 Å². The number of nitrogens with one attached hydrogen (secondary N) is 1. The van der Waals surface area contributed by atoms with Gasteiger partial charge < -0.3 is 5.32 Å². The average molecular weight is 273 g/mol. The van der Waals surface area contributed by atoms with Crippen molar-refractivity contribution in [2.24, 2.45) is 0 Å². The number of nitrogens with zero attached hydrogens (tertiary/aromatic N) is 4. The van der Waals surface area contributed by atoms with Gasteiger partial charge in [-0.2, -0.15) is 5.10 Å². The lowest BCUT2D eigenvalue weighted by molar-refractivity contribution is 0.0950. The van der Waals surface area contributed by atoms with Crippen LogP contribution in [0.25, 0.3) is 4.96 Å². The van der Waals surface area contributed by atoms with Crippen LogP contribution in [0.1, 0.15) is 21.1 Å². The molecular formula is C12H11N5OS. The van der Waals surface area contributed by atoms with Gasteiger partial charge in [-0.05, 0) is 19.1 Å². The molecule has 0 unspecified atom stereocenters. The maximum Gasteiger partial charge on any atom is 0.251 e. The SMILES string of the molecule is Cc1cn2nc(CNC(=O)c3ccncc3)sc2n1. The van der Waals surface area contributed by atoms with E-state index in [0.29, 0.717) is 12.1 Å². The number of rotatable bonds is 3. The van der Waals surface area contributed by atoms with E-state index in [2.05, 4.69) is 20.4 Å². The highest BCUT2D eigenvalue weighted by molar-refractivity contribution is 7.16. The molecule has 0 saturated heterocycles. The maximum absolute atomic E-state index is 11.8. The van der Waals surface area contributed by atoms with Crippen molar-refractivity contribution in [3.8, 4) is 0 Å². The molecule has 1 amide bonds. The molecule has 0 aliphatic heterocycles. The highest BCUT2D eigenvalue weighted by Gasteiger charge is 2.09. The largest absolute Gasteiger partial charge is 0.345 e. The third kappa shape index (κ3) is 2.45. The number of hydrogen-bond donors (Lipinski definition) is 1. The van der Waals surface area contributed by atoms with Gasteiger partial charge in [0.05, 0.1) is 18.4 Å². The molecule has 0 fully saturated rings. The van der Waals surface area contributed by atoms with E-state index in [1.54, 1.807) is 29.0 Å². The molecule has 1 N–H and O–H groups in total. The zero-order valence-electron chi connectivity index (χ0n) is 10.2.